The van der Waals surface area contributed by atoms with Crippen molar-refractivity contribution in [1.82, 2.24) is 5.43 Å². The van der Waals surface area contributed by atoms with E-state index in [9.17, 15) is 4.79 Å². The monoisotopic (exact) mass is 206 g/mol. The molecule has 2 unspecified atom stereocenters. The molecule has 0 aromatic rings. The summed E-state index contributed by atoms with van der Waals surface area (Å²) < 4.78 is 0. The first kappa shape index (κ1) is 9.70. The molecular formula is C11H19BN2O. The van der Waals surface area contributed by atoms with Gasteiger partial charge in [0, 0.05) is 0 Å². The Kier molecular flexibility index (Phi) is 1.80. The smallest absolute Gasteiger partial charge is 0.240 e. The maximum atomic E-state index is 12.0. The Morgan fingerprint density at radius 1 is 1.27 bits per heavy atom. The molecule has 4 rings (SSSR count). The van der Waals surface area contributed by atoms with E-state index in [0.29, 0.717) is 5.31 Å². The molecule has 15 heavy (non-hydrogen) atoms. The molecule has 0 aliphatic heterocycles. The van der Waals surface area contributed by atoms with Crippen LogP contribution < -0.4 is 11.3 Å². The van der Waals surface area contributed by atoms with Crippen LogP contribution in [0.1, 0.15) is 38.5 Å². The van der Waals surface area contributed by atoms with Crippen LogP contribution in [0.25, 0.3) is 0 Å². The van der Waals surface area contributed by atoms with Crippen LogP contribution in [0.4, 0.5) is 0 Å². The number of hydrogen-bond donors (Lipinski definition) is 2. The van der Waals surface area contributed by atoms with Gasteiger partial charge < -0.3 is 0 Å². The Labute approximate surface area is 91.5 Å². The number of nitrogens with two attached hydrogens (primary N) is 1. The third kappa shape index (κ3) is 1.27. The second-order valence-corrected chi connectivity index (χ2v) is 6.53. The van der Waals surface area contributed by atoms with Gasteiger partial charge in [-0.15, -0.1) is 0 Å². The van der Waals surface area contributed by atoms with E-state index in [0.717, 1.165) is 31.1 Å². The van der Waals surface area contributed by atoms with Crippen molar-refractivity contribution in [1.29, 1.82) is 0 Å². The molecule has 82 valence electrons. The molecule has 4 saturated carbocycles. The van der Waals surface area contributed by atoms with Crippen LogP contribution in [0.3, 0.4) is 0 Å². The minimum absolute atomic E-state index is 0.0998. The Morgan fingerprint density at radius 2 is 1.87 bits per heavy atom. The Balaban J connectivity index is 1.96. The van der Waals surface area contributed by atoms with Gasteiger partial charge in [0.2, 0.25) is 5.91 Å². The maximum Gasteiger partial charge on any atom is 0.240 e. The van der Waals surface area contributed by atoms with Crippen molar-refractivity contribution in [2.24, 2.45) is 23.1 Å². The number of rotatable bonds is 1. The molecule has 1 amide bonds. The second kappa shape index (κ2) is 2.79. The summed E-state index contributed by atoms with van der Waals surface area (Å²) in [6.07, 6.45) is 7.27. The quantitative estimate of drug-likeness (QED) is 0.282. The van der Waals surface area contributed by atoms with Crippen LogP contribution in [0.15, 0.2) is 0 Å². The molecule has 0 heterocycles. The van der Waals surface area contributed by atoms with Crippen molar-refractivity contribution >= 4 is 13.8 Å². The molecular weight excluding hydrogens is 187 g/mol. The predicted molar refractivity (Wildman–Crippen MR) is 60.7 cm³/mol. The van der Waals surface area contributed by atoms with E-state index < -0.39 is 0 Å². The van der Waals surface area contributed by atoms with Crippen LogP contribution >= 0.6 is 0 Å². The second-order valence-electron chi connectivity index (χ2n) is 6.53. The lowest BCUT2D eigenvalue weighted by atomic mass is 9.39. The van der Waals surface area contributed by atoms with E-state index in [-0.39, 0.29) is 11.3 Å². The van der Waals surface area contributed by atoms with Gasteiger partial charge in [-0.2, -0.15) is 0 Å². The normalized spacial score (nSPS) is 51.8. The van der Waals surface area contributed by atoms with Gasteiger partial charge in [-0.25, -0.2) is 5.84 Å². The summed E-state index contributed by atoms with van der Waals surface area (Å²) in [7, 11) is 2.36. The standard InChI is InChI=1S/C11H19BN2O/c12-11-4-7-1-8(5-11)3-10(2-7,6-11)9(15)14-13/h7-8H,1-6,12-13H2,(H,14,15). The molecule has 0 aromatic carbocycles. The van der Waals surface area contributed by atoms with Crippen LogP contribution in [0.5, 0.6) is 0 Å². The highest BCUT2D eigenvalue weighted by atomic mass is 16.2. The SMILES string of the molecule is BC12CC3CC(C1)CC(C(=O)NN)(C3)C2. The van der Waals surface area contributed by atoms with Gasteiger partial charge in [-0.05, 0) is 37.5 Å². The molecule has 0 saturated heterocycles. The first-order valence-corrected chi connectivity index (χ1v) is 6.06. The van der Waals surface area contributed by atoms with Gasteiger partial charge in [-0.1, -0.05) is 18.2 Å². The molecule has 0 radical (unpaired) electrons. The number of nitrogens with one attached hydrogen (secondary N) is 1. The third-order valence-corrected chi connectivity index (χ3v) is 4.97. The number of hydrazine groups is 1. The zero-order valence-corrected chi connectivity index (χ0v) is 9.38. The fourth-order valence-electron chi connectivity index (χ4n) is 5.14. The number of hydrogen-bond acceptors (Lipinski definition) is 2. The highest BCUT2D eigenvalue weighted by Gasteiger charge is 2.58. The summed E-state index contributed by atoms with van der Waals surface area (Å²) >= 11 is 0. The fourth-order valence-corrected chi connectivity index (χ4v) is 5.14. The highest BCUT2D eigenvalue weighted by Crippen LogP contribution is 2.67. The Bertz CT molecular complexity index is 304. The van der Waals surface area contributed by atoms with Gasteiger partial charge in [-0.3, -0.25) is 10.2 Å². The number of amides is 1. The van der Waals surface area contributed by atoms with E-state index in [4.69, 9.17) is 5.84 Å². The summed E-state index contributed by atoms with van der Waals surface area (Å²) in [6.45, 7) is 0. The number of carbonyl (C=O) groups excluding carboxylic acids is 1. The zero-order chi connectivity index (χ0) is 10.7. The minimum atomic E-state index is -0.104. The lowest BCUT2D eigenvalue weighted by Crippen LogP contribution is -2.56. The van der Waals surface area contributed by atoms with Crippen molar-refractivity contribution in [3.05, 3.63) is 0 Å². The molecule has 4 bridgehead atoms. The summed E-state index contributed by atoms with van der Waals surface area (Å²) in [6, 6.07) is 0. The van der Waals surface area contributed by atoms with Crippen molar-refractivity contribution in [2.45, 2.75) is 43.8 Å². The van der Waals surface area contributed by atoms with E-state index in [1.54, 1.807) is 0 Å². The largest absolute Gasteiger partial charge is 0.294 e. The van der Waals surface area contributed by atoms with E-state index in [2.05, 4.69) is 13.3 Å². The molecule has 3 N–H and O–H groups in total. The van der Waals surface area contributed by atoms with E-state index in [1.807, 2.05) is 0 Å². The minimum Gasteiger partial charge on any atom is -0.294 e. The average molecular weight is 206 g/mol. The summed E-state index contributed by atoms with van der Waals surface area (Å²) in [5.41, 5.74) is 2.30. The van der Waals surface area contributed by atoms with Crippen LogP contribution in [0, 0.1) is 17.3 Å². The third-order valence-electron chi connectivity index (χ3n) is 4.97. The van der Waals surface area contributed by atoms with Crippen molar-refractivity contribution in [2.75, 3.05) is 0 Å². The van der Waals surface area contributed by atoms with Gasteiger partial charge in [0.25, 0.3) is 0 Å². The van der Waals surface area contributed by atoms with Crippen LogP contribution in [-0.2, 0) is 4.79 Å². The first-order valence-electron chi connectivity index (χ1n) is 6.06. The molecule has 0 aromatic heterocycles. The maximum absolute atomic E-state index is 12.0. The highest BCUT2D eigenvalue weighted by molar-refractivity contribution is 6.15. The van der Waals surface area contributed by atoms with E-state index in [1.165, 1.54) is 19.3 Å². The number of carbonyl (C=O) groups is 1. The zero-order valence-electron chi connectivity index (χ0n) is 9.38. The lowest BCUT2D eigenvalue weighted by Gasteiger charge is -2.60. The Morgan fingerprint density at radius 3 is 2.33 bits per heavy atom. The van der Waals surface area contributed by atoms with Gasteiger partial charge in [0.15, 0.2) is 0 Å². The van der Waals surface area contributed by atoms with Crippen LogP contribution in [0.2, 0.25) is 5.31 Å². The average Bonchev–Trinajstić information content (AvgIpc) is 2.12. The van der Waals surface area contributed by atoms with Gasteiger partial charge in [0.05, 0.1) is 5.41 Å². The summed E-state index contributed by atoms with van der Waals surface area (Å²) in [5, 5.41) is 0.427. The molecule has 0 spiro atoms. The fraction of sp³-hybridized carbons (Fsp3) is 0.909. The predicted octanol–water partition coefficient (Wildman–Crippen LogP) is 0.368. The molecule has 2 atom stereocenters. The molecule has 4 fully saturated rings. The summed E-state index contributed by atoms with van der Waals surface area (Å²) in [4.78, 5) is 12.0. The Hall–Kier alpha value is -0.505. The van der Waals surface area contributed by atoms with Gasteiger partial charge >= 0.3 is 0 Å². The van der Waals surface area contributed by atoms with Gasteiger partial charge in [0.1, 0.15) is 7.85 Å². The topological polar surface area (TPSA) is 55.1 Å². The van der Waals surface area contributed by atoms with Crippen molar-refractivity contribution in [3.63, 3.8) is 0 Å². The van der Waals surface area contributed by atoms with Crippen molar-refractivity contribution in [3.8, 4) is 0 Å². The molecule has 3 nitrogen and oxygen atoms in total. The molecule has 4 aliphatic carbocycles. The first-order chi connectivity index (χ1) is 7.05. The summed E-state index contributed by atoms with van der Waals surface area (Å²) in [5.74, 6) is 7.01. The lowest BCUT2D eigenvalue weighted by molar-refractivity contribution is -0.145. The van der Waals surface area contributed by atoms with E-state index >= 15 is 0 Å². The van der Waals surface area contributed by atoms with Crippen LogP contribution in [-0.4, -0.2) is 13.8 Å². The molecule has 4 aliphatic rings. The molecule has 4 heteroatoms. The van der Waals surface area contributed by atoms with Crippen molar-refractivity contribution < 1.29 is 4.79 Å².